The van der Waals surface area contributed by atoms with Gasteiger partial charge in [-0.2, -0.15) is 5.26 Å². The van der Waals surface area contributed by atoms with Gasteiger partial charge in [0.05, 0.1) is 12.5 Å². The highest BCUT2D eigenvalue weighted by Crippen LogP contribution is 2.59. The number of hydrogen-bond acceptors (Lipinski definition) is 3. The Labute approximate surface area is 84.0 Å². The molecule has 0 aromatic carbocycles. The molecule has 0 bridgehead atoms. The lowest BCUT2D eigenvalue weighted by molar-refractivity contribution is -0.148. The molecular formula is C11H15NO2. The number of carbonyl (C=O) groups is 1. The highest BCUT2D eigenvalue weighted by molar-refractivity contribution is 5.74. The Bertz CT molecular complexity index is 320. The molecule has 2 rings (SSSR count). The summed E-state index contributed by atoms with van der Waals surface area (Å²) in [6.45, 7) is 4.10. The van der Waals surface area contributed by atoms with E-state index in [1.807, 2.05) is 6.92 Å². The van der Waals surface area contributed by atoms with Crippen LogP contribution in [0.4, 0.5) is 0 Å². The minimum atomic E-state index is -0.314. The summed E-state index contributed by atoms with van der Waals surface area (Å²) in [4.78, 5) is 11.3. The van der Waals surface area contributed by atoms with E-state index in [4.69, 9.17) is 10.00 Å². The molecule has 0 radical (unpaired) electrons. The zero-order valence-electron chi connectivity index (χ0n) is 8.67. The van der Waals surface area contributed by atoms with Crippen LogP contribution >= 0.6 is 0 Å². The van der Waals surface area contributed by atoms with E-state index in [0.717, 1.165) is 12.8 Å². The Morgan fingerprint density at radius 3 is 3.00 bits per heavy atom. The SMILES string of the molecule is C[C@@]12CC[C@H](CC#N)[C@@]1(C)CC(=O)O2. The fourth-order valence-corrected chi connectivity index (χ4v) is 3.01. The van der Waals surface area contributed by atoms with E-state index in [9.17, 15) is 4.79 Å². The average molecular weight is 193 g/mol. The first kappa shape index (κ1) is 9.51. The molecule has 2 aliphatic rings. The molecule has 1 aliphatic heterocycles. The van der Waals surface area contributed by atoms with Gasteiger partial charge in [-0.3, -0.25) is 4.79 Å². The van der Waals surface area contributed by atoms with Gasteiger partial charge in [0.1, 0.15) is 5.60 Å². The zero-order valence-corrected chi connectivity index (χ0v) is 8.67. The molecule has 3 heteroatoms. The maximum Gasteiger partial charge on any atom is 0.307 e. The van der Waals surface area contributed by atoms with Gasteiger partial charge < -0.3 is 4.74 Å². The fraction of sp³-hybridized carbons (Fsp3) is 0.818. The number of hydrogen-bond donors (Lipinski definition) is 0. The molecule has 1 saturated carbocycles. The molecule has 0 amide bonds. The predicted octanol–water partition coefficient (Wildman–Crippen LogP) is 2.02. The lowest BCUT2D eigenvalue weighted by Crippen LogP contribution is -2.38. The second-order valence-electron chi connectivity index (χ2n) is 4.90. The Morgan fingerprint density at radius 1 is 1.64 bits per heavy atom. The van der Waals surface area contributed by atoms with Gasteiger partial charge in [0.15, 0.2) is 0 Å². The smallest absolute Gasteiger partial charge is 0.307 e. The topological polar surface area (TPSA) is 50.1 Å². The lowest BCUT2D eigenvalue weighted by atomic mass is 9.70. The highest BCUT2D eigenvalue weighted by Gasteiger charge is 2.61. The third-order valence-electron chi connectivity index (χ3n) is 4.27. The van der Waals surface area contributed by atoms with Gasteiger partial charge in [-0.05, 0) is 25.7 Å². The first-order valence-corrected chi connectivity index (χ1v) is 5.11. The number of rotatable bonds is 1. The molecule has 1 heterocycles. The van der Waals surface area contributed by atoms with Crippen LogP contribution < -0.4 is 0 Å². The monoisotopic (exact) mass is 193 g/mol. The summed E-state index contributed by atoms with van der Waals surface area (Å²) >= 11 is 0. The first-order chi connectivity index (χ1) is 6.52. The molecule has 0 N–H and O–H groups in total. The molecular weight excluding hydrogens is 178 g/mol. The predicted molar refractivity (Wildman–Crippen MR) is 50.2 cm³/mol. The van der Waals surface area contributed by atoms with Gasteiger partial charge in [0.25, 0.3) is 0 Å². The van der Waals surface area contributed by atoms with Crippen molar-refractivity contribution in [2.24, 2.45) is 11.3 Å². The van der Waals surface area contributed by atoms with Gasteiger partial charge in [0, 0.05) is 11.8 Å². The maximum atomic E-state index is 11.3. The third kappa shape index (κ3) is 1.00. The maximum absolute atomic E-state index is 11.3. The Hall–Kier alpha value is -1.04. The summed E-state index contributed by atoms with van der Waals surface area (Å²) in [6, 6.07) is 2.21. The van der Waals surface area contributed by atoms with Crippen molar-refractivity contribution >= 4 is 5.97 Å². The molecule has 2 fully saturated rings. The molecule has 1 aliphatic carbocycles. The van der Waals surface area contributed by atoms with Crippen molar-refractivity contribution in [1.82, 2.24) is 0 Å². The molecule has 0 spiro atoms. The largest absolute Gasteiger partial charge is 0.459 e. The van der Waals surface area contributed by atoms with Gasteiger partial charge >= 0.3 is 5.97 Å². The van der Waals surface area contributed by atoms with Crippen molar-refractivity contribution in [2.45, 2.75) is 45.1 Å². The van der Waals surface area contributed by atoms with Gasteiger partial charge in [-0.15, -0.1) is 0 Å². The molecule has 0 aromatic heterocycles. The molecule has 3 atom stereocenters. The van der Waals surface area contributed by atoms with Crippen LogP contribution in [0.2, 0.25) is 0 Å². The quantitative estimate of drug-likeness (QED) is 0.598. The van der Waals surface area contributed by atoms with E-state index in [2.05, 4.69) is 13.0 Å². The van der Waals surface area contributed by atoms with Gasteiger partial charge in [-0.1, -0.05) is 6.92 Å². The Balaban J connectivity index is 2.30. The summed E-state index contributed by atoms with van der Waals surface area (Å²) < 4.78 is 5.40. The molecule has 14 heavy (non-hydrogen) atoms. The van der Waals surface area contributed by atoms with Crippen molar-refractivity contribution in [3.05, 3.63) is 0 Å². The molecule has 3 nitrogen and oxygen atoms in total. The number of esters is 1. The van der Waals surface area contributed by atoms with E-state index in [1.54, 1.807) is 0 Å². The van der Waals surface area contributed by atoms with Crippen molar-refractivity contribution in [1.29, 1.82) is 5.26 Å². The number of nitriles is 1. The second-order valence-corrected chi connectivity index (χ2v) is 4.90. The third-order valence-corrected chi connectivity index (χ3v) is 4.27. The molecule has 0 unspecified atom stereocenters. The highest BCUT2D eigenvalue weighted by atomic mass is 16.6. The zero-order chi connectivity index (χ0) is 10.4. The average Bonchev–Trinajstić information content (AvgIpc) is 2.43. The van der Waals surface area contributed by atoms with Crippen LogP contribution in [-0.4, -0.2) is 11.6 Å². The first-order valence-electron chi connectivity index (χ1n) is 5.11. The second kappa shape index (κ2) is 2.73. The van der Waals surface area contributed by atoms with Crippen LogP contribution in [0, 0.1) is 22.7 Å². The normalized spacial score (nSPS) is 45.8. The van der Waals surface area contributed by atoms with Gasteiger partial charge in [0.2, 0.25) is 0 Å². The van der Waals surface area contributed by atoms with Gasteiger partial charge in [-0.25, -0.2) is 0 Å². The van der Waals surface area contributed by atoms with Crippen LogP contribution in [-0.2, 0) is 9.53 Å². The number of nitrogens with zero attached hydrogens (tertiary/aromatic N) is 1. The summed E-state index contributed by atoms with van der Waals surface area (Å²) in [6.07, 6.45) is 2.94. The summed E-state index contributed by atoms with van der Waals surface area (Å²) in [5.41, 5.74) is -0.425. The summed E-state index contributed by atoms with van der Waals surface area (Å²) in [7, 11) is 0. The summed E-state index contributed by atoms with van der Waals surface area (Å²) in [5.74, 6) is 0.224. The fourth-order valence-electron chi connectivity index (χ4n) is 3.01. The minimum Gasteiger partial charge on any atom is -0.459 e. The van der Waals surface area contributed by atoms with Crippen LogP contribution in [0.5, 0.6) is 0 Å². The van der Waals surface area contributed by atoms with Crippen molar-refractivity contribution < 1.29 is 9.53 Å². The van der Waals surface area contributed by atoms with E-state index in [1.165, 1.54) is 0 Å². The van der Waals surface area contributed by atoms with Crippen molar-refractivity contribution in [3.8, 4) is 6.07 Å². The lowest BCUT2D eigenvalue weighted by Gasteiger charge is -2.34. The molecule has 76 valence electrons. The molecule has 0 aromatic rings. The van der Waals surface area contributed by atoms with Crippen LogP contribution in [0.1, 0.15) is 39.5 Å². The van der Waals surface area contributed by atoms with Crippen LogP contribution in [0.15, 0.2) is 0 Å². The Morgan fingerprint density at radius 2 is 2.36 bits per heavy atom. The van der Waals surface area contributed by atoms with Crippen LogP contribution in [0.25, 0.3) is 0 Å². The van der Waals surface area contributed by atoms with E-state index in [-0.39, 0.29) is 17.0 Å². The number of carbonyl (C=O) groups excluding carboxylic acids is 1. The summed E-state index contributed by atoms with van der Waals surface area (Å²) in [5, 5.41) is 8.74. The van der Waals surface area contributed by atoms with E-state index >= 15 is 0 Å². The number of fused-ring (bicyclic) bond motifs is 1. The molecule has 1 saturated heterocycles. The van der Waals surface area contributed by atoms with E-state index < -0.39 is 0 Å². The minimum absolute atomic E-state index is 0.0994. The van der Waals surface area contributed by atoms with Crippen molar-refractivity contribution in [3.63, 3.8) is 0 Å². The Kier molecular flexibility index (Phi) is 1.85. The standard InChI is InChI=1S/C11H15NO2/c1-10-7-9(13)14-11(10,2)5-3-8(10)4-6-12/h8H,3-5,7H2,1-2H3/t8-,10-,11-/m1/s1. The number of ether oxygens (including phenoxy) is 1. The van der Waals surface area contributed by atoms with E-state index in [0.29, 0.717) is 18.8 Å². The van der Waals surface area contributed by atoms with Crippen molar-refractivity contribution in [2.75, 3.05) is 0 Å². The van der Waals surface area contributed by atoms with Crippen LogP contribution in [0.3, 0.4) is 0 Å².